The largest absolute Gasteiger partial charge is 0.465 e. The molecule has 2 N–H and O–H groups in total. The van der Waals surface area contributed by atoms with Crippen molar-refractivity contribution in [2.45, 2.75) is 19.1 Å². The number of halogens is 5. The molecule has 1 rings (SSSR count). The summed E-state index contributed by atoms with van der Waals surface area (Å²) < 4.78 is 67.7. The molecule has 0 bridgehead atoms. The number of alkyl halides is 5. The van der Waals surface area contributed by atoms with Crippen LogP contribution < -0.4 is 5.73 Å². The van der Waals surface area contributed by atoms with Crippen LogP contribution >= 0.6 is 0 Å². The zero-order valence-corrected chi connectivity index (χ0v) is 9.59. The Hall–Kier alpha value is -1.77. The van der Waals surface area contributed by atoms with Crippen molar-refractivity contribution in [3.05, 3.63) is 28.6 Å². The Bertz CT molecular complexity index is 488. The van der Waals surface area contributed by atoms with E-state index in [0.29, 0.717) is 6.20 Å². The molecule has 4 nitrogen and oxygen atoms in total. The fourth-order valence-electron chi connectivity index (χ4n) is 1.50. The summed E-state index contributed by atoms with van der Waals surface area (Å²) in [6, 6.07) is 0. The molecule has 0 atom stereocenters. The van der Waals surface area contributed by atoms with Crippen molar-refractivity contribution in [3.8, 4) is 0 Å². The molecule has 0 aliphatic heterocycles. The van der Waals surface area contributed by atoms with Gasteiger partial charge in [-0.25, -0.2) is 13.6 Å². The zero-order chi connectivity index (χ0) is 14.8. The first-order chi connectivity index (χ1) is 8.73. The normalized spacial score (nSPS) is 11.8. The number of pyridine rings is 1. The van der Waals surface area contributed by atoms with Gasteiger partial charge in [-0.15, -0.1) is 0 Å². The minimum absolute atomic E-state index is 0.241. The molecular formula is C10H9F5N2O2. The van der Waals surface area contributed by atoms with Gasteiger partial charge >= 0.3 is 12.1 Å². The first kappa shape index (κ1) is 15.3. The van der Waals surface area contributed by atoms with Crippen molar-refractivity contribution in [1.29, 1.82) is 0 Å². The van der Waals surface area contributed by atoms with Gasteiger partial charge in [-0.3, -0.25) is 4.98 Å². The summed E-state index contributed by atoms with van der Waals surface area (Å²) in [5.74, 6) is -1.32. The maximum Gasteiger partial charge on any atom is 0.433 e. The highest BCUT2D eigenvalue weighted by molar-refractivity contribution is 5.93. The summed E-state index contributed by atoms with van der Waals surface area (Å²) in [6.07, 6.45) is -8.01. The van der Waals surface area contributed by atoms with Crippen LogP contribution in [0.4, 0.5) is 22.0 Å². The van der Waals surface area contributed by atoms with Crippen LogP contribution in [0.15, 0.2) is 6.20 Å². The first-order valence-corrected chi connectivity index (χ1v) is 4.89. The van der Waals surface area contributed by atoms with Crippen LogP contribution in [-0.4, -0.2) is 18.1 Å². The standard InChI is InChI=1S/C10H9F5N2O2/c1-19-9(18)5-4(2-16)3-17-7(10(13,14)15)6(5)8(11)12/h3,8H,2,16H2,1H3. The highest BCUT2D eigenvalue weighted by Crippen LogP contribution is 2.37. The molecule has 1 aromatic heterocycles. The summed E-state index contributed by atoms with van der Waals surface area (Å²) in [6.45, 7) is -0.421. The van der Waals surface area contributed by atoms with Crippen molar-refractivity contribution in [2.24, 2.45) is 5.73 Å². The van der Waals surface area contributed by atoms with Gasteiger partial charge < -0.3 is 10.5 Å². The van der Waals surface area contributed by atoms with Gasteiger partial charge in [-0.2, -0.15) is 13.2 Å². The minimum atomic E-state index is -5.11. The Morgan fingerprint density at radius 3 is 2.42 bits per heavy atom. The van der Waals surface area contributed by atoms with E-state index in [-0.39, 0.29) is 5.56 Å². The van der Waals surface area contributed by atoms with Crippen LogP contribution in [0.5, 0.6) is 0 Å². The van der Waals surface area contributed by atoms with Gasteiger partial charge in [0.15, 0.2) is 5.69 Å². The molecule has 0 amide bonds. The van der Waals surface area contributed by atoms with Crippen molar-refractivity contribution in [3.63, 3.8) is 0 Å². The predicted molar refractivity (Wildman–Crippen MR) is 53.4 cm³/mol. The number of carbonyl (C=O) groups excluding carboxylic acids is 1. The summed E-state index contributed by atoms with van der Waals surface area (Å²) in [5.41, 5.74) is 0.739. The monoisotopic (exact) mass is 284 g/mol. The van der Waals surface area contributed by atoms with Crippen LogP contribution in [0.3, 0.4) is 0 Å². The van der Waals surface area contributed by atoms with E-state index in [2.05, 4.69) is 9.72 Å². The van der Waals surface area contributed by atoms with E-state index < -0.39 is 41.9 Å². The smallest absolute Gasteiger partial charge is 0.433 e. The number of ether oxygens (including phenoxy) is 1. The molecule has 106 valence electrons. The third kappa shape index (κ3) is 2.98. The number of methoxy groups -OCH3 is 1. The van der Waals surface area contributed by atoms with E-state index in [9.17, 15) is 26.7 Å². The molecule has 0 spiro atoms. The van der Waals surface area contributed by atoms with E-state index in [1.165, 1.54) is 0 Å². The lowest BCUT2D eigenvalue weighted by molar-refractivity contribution is -0.143. The quantitative estimate of drug-likeness (QED) is 0.683. The number of hydrogen-bond donors (Lipinski definition) is 1. The Morgan fingerprint density at radius 2 is 2.05 bits per heavy atom. The highest BCUT2D eigenvalue weighted by atomic mass is 19.4. The molecule has 0 aliphatic rings. The first-order valence-electron chi connectivity index (χ1n) is 4.89. The molecule has 0 aliphatic carbocycles. The van der Waals surface area contributed by atoms with Gasteiger partial charge in [0.1, 0.15) is 0 Å². The second-order valence-corrected chi connectivity index (χ2v) is 3.41. The van der Waals surface area contributed by atoms with Gasteiger partial charge in [-0.1, -0.05) is 0 Å². The maximum absolute atomic E-state index is 12.8. The Kier molecular flexibility index (Phi) is 4.40. The topological polar surface area (TPSA) is 65.2 Å². The van der Waals surface area contributed by atoms with Crippen molar-refractivity contribution in [1.82, 2.24) is 4.98 Å². The molecule has 1 heterocycles. The van der Waals surface area contributed by atoms with Gasteiger partial charge in [0.05, 0.1) is 18.2 Å². The van der Waals surface area contributed by atoms with Crippen molar-refractivity contribution < 1.29 is 31.5 Å². The fourth-order valence-corrected chi connectivity index (χ4v) is 1.50. The number of rotatable bonds is 3. The summed E-state index contributed by atoms with van der Waals surface area (Å²) in [5, 5.41) is 0. The number of hydrogen-bond acceptors (Lipinski definition) is 4. The summed E-state index contributed by atoms with van der Waals surface area (Å²) in [7, 11) is 0.867. The molecule has 0 saturated heterocycles. The van der Waals surface area contributed by atoms with Crippen LogP contribution in [0, 0.1) is 0 Å². The molecule has 0 aromatic carbocycles. The van der Waals surface area contributed by atoms with Crippen LogP contribution in [0.2, 0.25) is 0 Å². The number of aromatic nitrogens is 1. The van der Waals surface area contributed by atoms with E-state index >= 15 is 0 Å². The Labute approximate surface area is 104 Å². The van der Waals surface area contributed by atoms with Crippen LogP contribution in [0.25, 0.3) is 0 Å². The summed E-state index contributed by atoms with van der Waals surface area (Å²) in [4.78, 5) is 14.3. The molecule has 0 fully saturated rings. The molecule has 1 aromatic rings. The zero-order valence-electron chi connectivity index (χ0n) is 9.59. The van der Waals surface area contributed by atoms with E-state index in [4.69, 9.17) is 5.73 Å². The van der Waals surface area contributed by atoms with Crippen LogP contribution in [-0.2, 0) is 17.5 Å². The number of carbonyl (C=O) groups is 1. The number of nitrogens with two attached hydrogens (primary N) is 1. The van der Waals surface area contributed by atoms with Gasteiger partial charge in [0, 0.05) is 12.7 Å². The summed E-state index contributed by atoms with van der Waals surface area (Å²) >= 11 is 0. The van der Waals surface area contributed by atoms with E-state index in [1.54, 1.807) is 0 Å². The van der Waals surface area contributed by atoms with Gasteiger partial charge in [0.2, 0.25) is 0 Å². The van der Waals surface area contributed by atoms with Crippen molar-refractivity contribution in [2.75, 3.05) is 7.11 Å². The molecule has 9 heteroatoms. The molecule has 19 heavy (non-hydrogen) atoms. The second kappa shape index (κ2) is 5.47. The van der Waals surface area contributed by atoms with Crippen molar-refractivity contribution >= 4 is 5.97 Å². The Balaban J connectivity index is 3.68. The molecule has 0 radical (unpaired) electrons. The average molecular weight is 284 g/mol. The lowest BCUT2D eigenvalue weighted by Crippen LogP contribution is -2.20. The fraction of sp³-hybridized carbons (Fsp3) is 0.400. The maximum atomic E-state index is 12.8. The van der Waals surface area contributed by atoms with E-state index in [0.717, 1.165) is 7.11 Å². The molecule has 0 saturated carbocycles. The van der Waals surface area contributed by atoms with Crippen LogP contribution in [0.1, 0.15) is 33.6 Å². The van der Waals surface area contributed by atoms with E-state index in [1.807, 2.05) is 0 Å². The Morgan fingerprint density at radius 1 is 1.47 bits per heavy atom. The highest BCUT2D eigenvalue weighted by Gasteiger charge is 2.41. The predicted octanol–water partition coefficient (Wildman–Crippen LogP) is 2.28. The molecule has 0 unspecified atom stereocenters. The third-order valence-electron chi connectivity index (χ3n) is 2.29. The molecular weight excluding hydrogens is 275 g/mol. The number of esters is 1. The van der Waals surface area contributed by atoms with Gasteiger partial charge in [0.25, 0.3) is 6.43 Å². The minimum Gasteiger partial charge on any atom is -0.465 e. The SMILES string of the molecule is COC(=O)c1c(CN)cnc(C(F)(F)F)c1C(F)F. The lowest BCUT2D eigenvalue weighted by atomic mass is 10.0. The average Bonchev–Trinajstić information content (AvgIpc) is 2.34. The number of nitrogens with zero attached hydrogens (tertiary/aromatic N) is 1. The van der Waals surface area contributed by atoms with Gasteiger partial charge in [-0.05, 0) is 5.56 Å². The second-order valence-electron chi connectivity index (χ2n) is 3.41. The lowest BCUT2D eigenvalue weighted by Gasteiger charge is -2.16. The third-order valence-corrected chi connectivity index (χ3v) is 2.29.